The molecule has 3 N–H and O–H groups in total. The van der Waals surface area contributed by atoms with Crippen molar-refractivity contribution in [1.29, 1.82) is 0 Å². The number of nitrogens with two attached hydrogens (primary N) is 1. The lowest BCUT2D eigenvalue weighted by atomic mass is 9.81. The number of alkyl halides is 6. The Morgan fingerprint density at radius 2 is 1.41 bits per heavy atom. The van der Waals surface area contributed by atoms with Gasteiger partial charge < -0.3 is 11.1 Å². The van der Waals surface area contributed by atoms with E-state index in [-0.39, 0.29) is 11.1 Å². The van der Waals surface area contributed by atoms with Crippen LogP contribution in [0.15, 0.2) is 30.3 Å². The van der Waals surface area contributed by atoms with E-state index in [1.807, 2.05) is 0 Å². The van der Waals surface area contributed by atoms with Gasteiger partial charge >= 0.3 is 12.4 Å². The molecule has 4 nitrogen and oxygen atoms in total. The molecule has 0 saturated carbocycles. The zero-order valence-corrected chi connectivity index (χ0v) is 13.3. The zero-order chi connectivity index (χ0) is 20.1. The number of anilines is 2. The third-order valence-corrected chi connectivity index (χ3v) is 4.02. The second kappa shape index (κ2) is 6.00. The Morgan fingerprint density at radius 1 is 0.889 bits per heavy atom. The van der Waals surface area contributed by atoms with Gasteiger partial charge in [0.05, 0.1) is 22.4 Å². The van der Waals surface area contributed by atoms with E-state index in [4.69, 9.17) is 5.73 Å². The van der Waals surface area contributed by atoms with Gasteiger partial charge in [0.1, 0.15) is 6.54 Å². The van der Waals surface area contributed by atoms with Crippen LogP contribution >= 0.6 is 0 Å². The molecule has 1 aliphatic rings. The van der Waals surface area contributed by atoms with Gasteiger partial charge in [0.2, 0.25) is 0 Å². The van der Waals surface area contributed by atoms with E-state index in [0.29, 0.717) is 6.07 Å². The number of carbonyl (C=O) groups is 2. The quantitative estimate of drug-likeness (QED) is 0.514. The Bertz CT molecular complexity index is 963. The highest BCUT2D eigenvalue weighted by Crippen LogP contribution is 2.43. The van der Waals surface area contributed by atoms with Crippen LogP contribution in [0.5, 0.6) is 0 Å². The van der Waals surface area contributed by atoms with Crippen LogP contribution in [0.2, 0.25) is 0 Å². The van der Waals surface area contributed by atoms with Crippen LogP contribution in [0.1, 0.15) is 37.4 Å². The molecular formula is C17H10F6N2O2. The molecule has 10 heteroatoms. The van der Waals surface area contributed by atoms with Gasteiger partial charge in [-0.15, -0.1) is 0 Å². The predicted molar refractivity (Wildman–Crippen MR) is 83.7 cm³/mol. The second-order valence-corrected chi connectivity index (χ2v) is 5.81. The zero-order valence-electron chi connectivity index (χ0n) is 13.3. The van der Waals surface area contributed by atoms with Crippen molar-refractivity contribution in [3.63, 3.8) is 0 Å². The van der Waals surface area contributed by atoms with Crippen LogP contribution in [0.3, 0.4) is 0 Å². The van der Waals surface area contributed by atoms with Crippen molar-refractivity contribution >= 4 is 22.9 Å². The fourth-order valence-corrected chi connectivity index (χ4v) is 2.89. The first-order chi connectivity index (χ1) is 12.4. The summed E-state index contributed by atoms with van der Waals surface area (Å²) >= 11 is 0. The van der Waals surface area contributed by atoms with Crippen LogP contribution < -0.4 is 11.1 Å². The molecule has 142 valence electrons. The molecule has 0 aliphatic heterocycles. The predicted octanol–water partition coefficient (Wildman–Crippen LogP) is 4.04. The molecule has 0 atom stereocenters. The van der Waals surface area contributed by atoms with E-state index in [1.165, 1.54) is 24.3 Å². The number of hydrogen-bond acceptors (Lipinski definition) is 4. The minimum atomic E-state index is -5.03. The SMILES string of the molecule is Nc1c(C(F)(F)F)cc(NCC(F)(F)F)c2c1C(=O)c1ccccc1C2=O. The van der Waals surface area contributed by atoms with Crippen LogP contribution in [0.4, 0.5) is 37.7 Å². The number of fused-ring (bicyclic) bond motifs is 2. The van der Waals surface area contributed by atoms with E-state index >= 15 is 0 Å². The second-order valence-electron chi connectivity index (χ2n) is 5.81. The van der Waals surface area contributed by atoms with Gasteiger partial charge in [0.25, 0.3) is 0 Å². The minimum Gasteiger partial charge on any atom is -0.398 e. The Balaban J connectivity index is 2.29. The fraction of sp³-hybridized carbons (Fsp3) is 0.176. The molecule has 0 heterocycles. The number of nitrogens with one attached hydrogen (secondary N) is 1. The molecule has 0 radical (unpaired) electrons. The van der Waals surface area contributed by atoms with Gasteiger partial charge in [-0.05, 0) is 6.07 Å². The molecule has 27 heavy (non-hydrogen) atoms. The van der Waals surface area contributed by atoms with Gasteiger partial charge in [-0.2, -0.15) is 26.3 Å². The smallest absolute Gasteiger partial charge is 0.398 e. The Hall–Kier alpha value is -3.04. The van der Waals surface area contributed by atoms with Crippen LogP contribution in [0.25, 0.3) is 0 Å². The van der Waals surface area contributed by atoms with Crippen LogP contribution in [-0.4, -0.2) is 24.3 Å². The molecule has 2 aromatic rings. The largest absolute Gasteiger partial charge is 0.418 e. The van der Waals surface area contributed by atoms with E-state index in [1.54, 1.807) is 5.32 Å². The highest BCUT2D eigenvalue weighted by atomic mass is 19.4. The fourth-order valence-electron chi connectivity index (χ4n) is 2.89. The Labute approximate surface area is 148 Å². The van der Waals surface area contributed by atoms with Crippen molar-refractivity contribution in [2.45, 2.75) is 12.4 Å². The van der Waals surface area contributed by atoms with Gasteiger partial charge in [-0.1, -0.05) is 24.3 Å². The Kier molecular flexibility index (Phi) is 4.16. The third-order valence-electron chi connectivity index (χ3n) is 4.02. The van der Waals surface area contributed by atoms with Crippen molar-refractivity contribution < 1.29 is 35.9 Å². The number of carbonyl (C=O) groups excluding carboxylic acids is 2. The van der Waals surface area contributed by atoms with Gasteiger partial charge in [-0.3, -0.25) is 9.59 Å². The summed E-state index contributed by atoms with van der Waals surface area (Å²) in [5.41, 5.74) is 0.623. The van der Waals surface area contributed by atoms with E-state index in [9.17, 15) is 35.9 Å². The van der Waals surface area contributed by atoms with E-state index in [0.717, 1.165) is 0 Å². The molecule has 0 saturated heterocycles. The maximum absolute atomic E-state index is 13.3. The normalized spacial score (nSPS) is 14.0. The van der Waals surface area contributed by atoms with Gasteiger partial charge in [0.15, 0.2) is 11.6 Å². The topological polar surface area (TPSA) is 72.2 Å². The summed E-state index contributed by atoms with van der Waals surface area (Å²) in [4.78, 5) is 25.4. The number of ketones is 2. The molecule has 0 unspecified atom stereocenters. The summed E-state index contributed by atoms with van der Waals surface area (Å²) in [6.07, 6.45) is -9.79. The lowest BCUT2D eigenvalue weighted by Crippen LogP contribution is -2.28. The average Bonchev–Trinajstić information content (AvgIpc) is 2.56. The molecular weight excluding hydrogens is 378 g/mol. The molecule has 0 spiro atoms. The van der Waals surface area contributed by atoms with Crippen molar-refractivity contribution in [3.05, 3.63) is 58.1 Å². The molecule has 0 aromatic heterocycles. The minimum absolute atomic E-state index is 0.121. The lowest BCUT2D eigenvalue weighted by molar-refractivity contribution is -0.136. The Morgan fingerprint density at radius 3 is 1.89 bits per heavy atom. The molecule has 0 bridgehead atoms. The van der Waals surface area contributed by atoms with Gasteiger partial charge in [0, 0.05) is 16.8 Å². The summed E-state index contributed by atoms with van der Waals surface area (Å²) in [7, 11) is 0. The summed E-state index contributed by atoms with van der Waals surface area (Å²) in [5.74, 6) is -1.84. The van der Waals surface area contributed by atoms with Crippen molar-refractivity contribution in [2.75, 3.05) is 17.6 Å². The standard InChI is InChI=1S/C17H10F6N2O2/c18-16(19,20)6-25-10-5-9(17(21,22)23)13(24)12-11(10)14(26)7-3-1-2-4-8(7)15(12)27/h1-5,25H,6,24H2. The summed E-state index contributed by atoms with van der Waals surface area (Å²) in [6, 6.07) is 5.65. The summed E-state index contributed by atoms with van der Waals surface area (Å²) < 4.78 is 77.4. The number of rotatable bonds is 2. The maximum atomic E-state index is 13.3. The summed E-state index contributed by atoms with van der Waals surface area (Å²) in [5, 5.41) is 1.78. The number of benzene rings is 2. The highest BCUT2D eigenvalue weighted by Gasteiger charge is 2.41. The van der Waals surface area contributed by atoms with Crippen LogP contribution in [0, 0.1) is 0 Å². The first-order valence-electron chi connectivity index (χ1n) is 7.44. The molecule has 0 amide bonds. The molecule has 0 fully saturated rings. The van der Waals surface area contributed by atoms with Crippen LogP contribution in [-0.2, 0) is 6.18 Å². The number of nitrogen functional groups attached to an aromatic ring is 1. The van der Waals surface area contributed by atoms with Gasteiger partial charge in [-0.25, -0.2) is 0 Å². The van der Waals surface area contributed by atoms with E-state index < -0.39 is 58.5 Å². The van der Waals surface area contributed by atoms with E-state index in [2.05, 4.69) is 0 Å². The summed E-state index contributed by atoms with van der Waals surface area (Å²) in [6.45, 7) is -1.69. The molecule has 1 aliphatic carbocycles. The van der Waals surface area contributed by atoms with Crippen molar-refractivity contribution in [2.24, 2.45) is 0 Å². The first kappa shape index (κ1) is 18.7. The average molecular weight is 388 g/mol. The monoisotopic (exact) mass is 388 g/mol. The van der Waals surface area contributed by atoms with Crippen molar-refractivity contribution in [3.8, 4) is 0 Å². The molecule has 3 rings (SSSR count). The maximum Gasteiger partial charge on any atom is 0.418 e. The number of halogens is 6. The number of hydrogen-bond donors (Lipinski definition) is 2. The lowest BCUT2D eigenvalue weighted by Gasteiger charge is -2.25. The molecule has 2 aromatic carbocycles. The first-order valence-corrected chi connectivity index (χ1v) is 7.44. The third kappa shape index (κ3) is 3.22. The highest BCUT2D eigenvalue weighted by molar-refractivity contribution is 6.32. The van der Waals surface area contributed by atoms with Crippen molar-refractivity contribution in [1.82, 2.24) is 0 Å².